The van der Waals surface area contributed by atoms with E-state index in [0.717, 1.165) is 11.4 Å². The molecule has 0 saturated heterocycles. The van der Waals surface area contributed by atoms with Crippen molar-refractivity contribution < 1.29 is 0 Å². The van der Waals surface area contributed by atoms with Crippen LogP contribution < -0.4 is 20.2 Å². The molecule has 0 atom stereocenters. The van der Waals surface area contributed by atoms with Crippen LogP contribution in [0.3, 0.4) is 0 Å². The molecule has 0 spiro atoms. The molecule has 0 aliphatic rings. The highest BCUT2D eigenvalue weighted by molar-refractivity contribution is 6.89. The van der Waals surface area contributed by atoms with Gasteiger partial charge in [-0.25, -0.2) is 0 Å². The predicted molar refractivity (Wildman–Crippen MR) is 286 cm³/mol. The minimum atomic E-state index is -1.52. The van der Waals surface area contributed by atoms with E-state index in [4.69, 9.17) is 0 Å². The summed E-state index contributed by atoms with van der Waals surface area (Å²) in [7, 11) is -3.04. The Hall–Kier alpha value is -6.73. The van der Waals surface area contributed by atoms with Gasteiger partial charge in [0.25, 0.3) is 0 Å². The number of nitrogens with zero attached hydrogens (tertiary/aromatic N) is 2. The van der Waals surface area contributed by atoms with Gasteiger partial charge in [0.15, 0.2) is 0 Å². The summed E-state index contributed by atoms with van der Waals surface area (Å²) in [6, 6.07) is 72.7. The molecule has 0 aliphatic carbocycles. The monoisotopic (exact) mass is 860 g/mol. The molecular formula is C60H56N2Si2. The second-order valence-corrected chi connectivity index (χ2v) is 29.6. The highest BCUT2D eigenvalue weighted by Gasteiger charge is 2.26. The lowest BCUT2D eigenvalue weighted by molar-refractivity contribution is 1.26. The molecule has 4 heteroatoms. The molecule has 314 valence electrons. The Balaban J connectivity index is 1.22. The van der Waals surface area contributed by atoms with Crippen molar-refractivity contribution >= 4 is 93.0 Å². The van der Waals surface area contributed by atoms with E-state index in [1.165, 1.54) is 98.8 Å². The molecule has 0 aromatic heterocycles. The lowest BCUT2D eigenvalue weighted by Gasteiger charge is -2.31. The third-order valence-electron chi connectivity index (χ3n) is 13.3. The molecule has 0 amide bonds. The standard InChI is InChI=1S/C60H56N2Si2/c1-41-51(43-17-11-9-12-18-43)21-15-23-55(41)61(47-29-33-49(34-30-47)63(3,4)5)57-39-27-45-26-38-54-58(40-28-46-25-37-53(57)59(45)60(46)54)62(48-31-35-50(36-32-48)64(6,7)8)56-24-16-22-52(42(56)2)44-19-13-10-14-20-44/h9-40H,1-8H3. The average molecular weight is 861 g/mol. The van der Waals surface area contributed by atoms with E-state index in [0.29, 0.717) is 0 Å². The van der Waals surface area contributed by atoms with Gasteiger partial charge < -0.3 is 9.80 Å². The summed E-state index contributed by atoms with van der Waals surface area (Å²) in [5.74, 6) is 0. The topological polar surface area (TPSA) is 6.48 Å². The Morgan fingerprint density at radius 2 is 0.672 bits per heavy atom. The lowest BCUT2D eigenvalue weighted by atomic mass is 9.91. The van der Waals surface area contributed by atoms with Crippen LogP contribution >= 0.6 is 0 Å². The Kier molecular flexibility index (Phi) is 10.4. The highest BCUT2D eigenvalue weighted by atomic mass is 28.3. The third kappa shape index (κ3) is 7.31. The Morgan fingerprint density at radius 3 is 1.03 bits per heavy atom. The molecule has 0 aliphatic heterocycles. The largest absolute Gasteiger partial charge is 0.310 e. The molecular weight excluding hydrogens is 805 g/mol. The van der Waals surface area contributed by atoms with E-state index in [1.54, 1.807) is 0 Å². The van der Waals surface area contributed by atoms with Gasteiger partial charge in [0.2, 0.25) is 0 Å². The van der Waals surface area contributed by atoms with E-state index >= 15 is 0 Å². The first-order valence-corrected chi connectivity index (χ1v) is 29.7. The summed E-state index contributed by atoms with van der Waals surface area (Å²) < 4.78 is 0. The highest BCUT2D eigenvalue weighted by Crippen LogP contribution is 2.49. The normalized spacial score (nSPS) is 12.1. The van der Waals surface area contributed by atoms with Crippen molar-refractivity contribution in [3.63, 3.8) is 0 Å². The Morgan fingerprint density at radius 1 is 0.312 bits per heavy atom. The van der Waals surface area contributed by atoms with Crippen LogP contribution in [-0.4, -0.2) is 16.1 Å². The summed E-state index contributed by atoms with van der Waals surface area (Å²) in [6.07, 6.45) is 0. The van der Waals surface area contributed by atoms with E-state index in [1.807, 2.05) is 0 Å². The molecule has 0 heterocycles. The van der Waals surface area contributed by atoms with Crippen LogP contribution in [0.1, 0.15) is 11.1 Å². The summed E-state index contributed by atoms with van der Waals surface area (Å²) in [6.45, 7) is 19.1. The van der Waals surface area contributed by atoms with Gasteiger partial charge >= 0.3 is 0 Å². The van der Waals surface area contributed by atoms with Gasteiger partial charge in [0.05, 0.1) is 27.5 Å². The van der Waals surface area contributed by atoms with E-state index in [2.05, 4.69) is 257 Å². The maximum atomic E-state index is 2.51. The fourth-order valence-corrected chi connectivity index (χ4v) is 12.1. The first-order chi connectivity index (χ1) is 30.9. The molecule has 0 fully saturated rings. The molecule has 10 rings (SSSR count). The SMILES string of the molecule is Cc1c(-c2ccccc2)cccc1N(c1ccc([Si](C)(C)C)cc1)c1ccc2ccc3c(N(c4ccc([Si](C)(C)C)cc4)c4cccc(-c5ccccc5)c4C)ccc4ccc1c2c43. The minimum absolute atomic E-state index is 1.16. The molecule has 64 heavy (non-hydrogen) atoms. The van der Waals surface area contributed by atoms with Gasteiger partial charge in [-0.05, 0) is 117 Å². The van der Waals surface area contributed by atoms with Crippen molar-refractivity contribution in [2.75, 3.05) is 9.80 Å². The summed E-state index contributed by atoms with van der Waals surface area (Å²) in [5.41, 5.74) is 14.5. The Labute approximate surface area is 381 Å². The zero-order chi connectivity index (χ0) is 44.3. The molecule has 10 aromatic rings. The maximum absolute atomic E-state index is 2.51. The molecule has 0 bridgehead atoms. The maximum Gasteiger partial charge on any atom is 0.0775 e. The van der Waals surface area contributed by atoms with Crippen LogP contribution in [0.5, 0.6) is 0 Å². The second-order valence-electron chi connectivity index (χ2n) is 19.5. The van der Waals surface area contributed by atoms with E-state index < -0.39 is 16.1 Å². The second kappa shape index (κ2) is 16.1. The van der Waals surface area contributed by atoms with Gasteiger partial charge in [0, 0.05) is 33.5 Å². The van der Waals surface area contributed by atoms with Crippen LogP contribution in [0.15, 0.2) is 194 Å². The van der Waals surface area contributed by atoms with Crippen LogP contribution in [-0.2, 0) is 0 Å². The van der Waals surface area contributed by atoms with Gasteiger partial charge in [-0.2, -0.15) is 0 Å². The smallest absolute Gasteiger partial charge is 0.0775 e. The molecule has 0 saturated carbocycles. The van der Waals surface area contributed by atoms with Gasteiger partial charge in [0.1, 0.15) is 0 Å². The molecule has 2 nitrogen and oxygen atoms in total. The number of hydrogen-bond donors (Lipinski definition) is 0. The van der Waals surface area contributed by atoms with Crippen LogP contribution in [0.2, 0.25) is 39.3 Å². The van der Waals surface area contributed by atoms with Crippen molar-refractivity contribution in [3.05, 3.63) is 205 Å². The number of rotatable bonds is 10. The molecule has 0 unspecified atom stereocenters. The van der Waals surface area contributed by atoms with Crippen LogP contribution in [0, 0.1) is 13.8 Å². The van der Waals surface area contributed by atoms with Gasteiger partial charge in [-0.1, -0.05) is 195 Å². The summed E-state index contributed by atoms with van der Waals surface area (Å²) in [4.78, 5) is 5.01. The predicted octanol–water partition coefficient (Wildman–Crippen LogP) is 16.6. The lowest BCUT2D eigenvalue weighted by Crippen LogP contribution is -2.37. The minimum Gasteiger partial charge on any atom is -0.310 e. The van der Waals surface area contributed by atoms with E-state index in [-0.39, 0.29) is 0 Å². The van der Waals surface area contributed by atoms with Crippen molar-refractivity contribution in [2.24, 2.45) is 0 Å². The fraction of sp³-hybridized carbons (Fsp3) is 0.133. The molecule has 0 N–H and O–H groups in total. The molecule has 10 aromatic carbocycles. The Bertz CT molecular complexity index is 3060. The van der Waals surface area contributed by atoms with E-state index in [9.17, 15) is 0 Å². The first-order valence-electron chi connectivity index (χ1n) is 22.7. The fourth-order valence-electron chi connectivity index (χ4n) is 9.79. The van der Waals surface area contributed by atoms with Crippen molar-refractivity contribution in [3.8, 4) is 22.3 Å². The van der Waals surface area contributed by atoms with Crippen LogP contribution in [0.25, 0.3) is 54.6 Å². The third-order valence-corrected chi connectivity index (χ3v) is 17.5. The summed E-state index contributed by atoms with van der Waals surface area (Å²) in [5, 5.41) is 10.4. The van der Waals surface area contributed by atoms with Crippen molar-refractivity contribution in [1.29, 1.82) is 0 Å². The van der Waals surface area contributed by atoms with Gasteiger partial charge in [-0.3, -0.25) is 0 Å². The van der Waals surface area contributed by atoms with Crippen LogP contribution in [0.4, 0.5) is 34.1 Å². The number of anilines is 6. The zero-order valence-corrected chi connectivity index (χ0v) is 40.4. The number of benzene rings is 10. The zero-order valence-electron chi connectivity index (χ0n) is 38.4. The average Bonchev–Trinajstić information content (AvgIpc) is 3.30. The first kappa shape index (κ1) is 41.3. The molecule has 0 radical (unpaired) electrons. The van der Waals surface area contributed by atoms with Crippen molar-refractivity contribution in [2.45, 2.75) is 53.1 Å². The number of hydrogen-bond acceptors (Lipinski definition) is 2. The summed E-state index contributed by atoms with van der Waals surface area (Å²) >= 11 is 0. The quantitative estimate of drug-likeness (QED) is 0.0998. The van der Waals surface area contributed by atoms with Crippen molar-refractivity contribution in [1.82, 2.24) is 0 Å². The van der Waals surface area contributed by atoms with Gasteiger partial charge in [-0.15, -0.1) is 0 Å².